The van der Waals surface area contributed by atoms with Gasteiger partial charge in [0.1, 0.15) is 5.75 Å². The molecule has 17 heavy (non-hydrogen) atoms. The lowest BCUT2D eigenvalue weighted by atomic mass is 9.86. The monoisotopic (exact) mass is 299 g/mol. The first kappa shape index (κ1) is 14.0. The number of carbonyl (C=O) groups excluding carboxylic acids is 1. The number of hydrogen-bond donors (Lipinski definition) is 1. The number of hydrogen-bond acceptors (Lipinski definition) is 2. The highest BCUT2D eigenvalue weighted by Crippen LogP contribution is 2.39. The number of rotatable bonds is 2. The number of ether oxygens (including phenoxy) is 1. The molecular formula is C13H18BrNO2. The Morgan fingerprint density at radius 2 is 1.94 bits per heavy atom. The van der Waals surface area contributed by atoms with Gasteiger partial charge in [-0.3, -0.25) is 4.79 Å². The van der Waals surface area contributed by atoms with Gasteiger partial charge >= 0.3 is 0 Å². The first-order valence-corrected chi connectivity index (χ1v) is 6.20. The fourth-order valence-electron chi connectivity index (χ4n) is 1.63. The van der Waals surface area contributed by atoms with Crippen molar-refractivity contribution in [1.29, 1.82) is 0 Å². The average molecular weight is 300 g/mol. The van der Waals surface area contributed by atoms with Crippen LogP contribution in [0.4, 0.5) is 5.69 Å². The molecule has 1 aromatic carbocycles. The number of methoxy groups -OCH3 is 1. The SMILES string of the molecule is COc1c(Br)cc(NC(C)=O)cc1C(C)(C)C. The molecule has 0 saturated heterocycles. The Morgan fingerprint density at radius 1 is 1.35 bits per heavy atom. The Kier molecular flexibility index (Phi) is 4.20. The largest absolute Gasteiger partial charge is 0.495 e. The number of anilines is 1. The van der Waals surface area contributed by atoms with E-state index in [9.17, 15) is 4.79 Å². The fraction of sp³-hybridized carbons (Fsp3) is 0.462. The second-order valence-electron chi connectivity index (χ2n) is 4.97. The van der Waals surface area contributed by atoms with Gasteiger partial charge in [-0.2, -0.15) is 0 Å². The third-order valence-corrected chi connectivity index (χ3v) is 2.97. The third kappa shape index (κ3) is 3.46. The lowest BCUT2D eigenvalue weighted by molar-refractivity contribution is -0.114. The Morgan fingerprint density at radius 3 is 2.35 bits per heavy atom. The zero-order valence-corrected chi connectivity index (χ0v) is 12.4. The molecule has 1 amide bonds. The van der Waals surface area contributed by atoms with Crippen LogP contribution in [0.15, 0.2) is 16.6 Å². The summed E-state index contributed by atoms with van der Waals surface area (Å²) in [6, 6.07) is 3.79. The van der Waals surface area contributed by atoms with Crippen molar-refractivity contribution in [3.8, 4) is 5.75 Å². The molecule has 0 spiro atoms. The third-order valence-electron chi connectivity index (χ3n) is 2.38. The first-order valence-electron chi connectivity index (χ1n) is 5.41. The smallest absolute Gasteiger partial charge is 0.221 e. The number of benzene rings is 1. The van der Waals surface area contributed by atoms with E-state index in [-0.39, 0.29) is 11.3 Å². The van der Waals surface area contributed by atoms with E-state index in [0.717, 1.165) is 21.5 Å². The number of nitrogens with one attached hydrogen (secondary N) is 1. The lowest BCUT2D eigenvalue weighted by Crippen LogP contribution is -2.15. The average Bonchev–Trinajstić information content (AvgIpc) is 2.14. The molecule has 1 aromatic rings. The molecule has 0 unspecified atom stereocenters. The summed E-state index contributed by atoms with van der Waals surface area (Å²) in [7, 11) is 1.65. The molecule has 0 aliphatic heterocycles. The van der Waals surface area contributed by atoms with Crippen LogP contribution in [0.25, 0.3) is 0 Å². The molecule has 3 nitrogen and oxygen atoms in total. The van der Waals surface area contributed by atoms with E-state index < -0.39 is 0 Å². The van der Waals surface area contributed by atoms with E-state index in [1.54, 1.807) is 7.11 Å². The highest BCUT2D eigenvalue weighted by atomic mass is 79.9. The molecular weight excluding hydrogens is 282 g/mol. The van der Waals surface area contributed by atoms with Crippen LogP contribution in [0.3, 0.4) is 0 Å². The summed E-state index contributed by atoms with van der Waals surface area (Å²) in [5.74, 6) is 0.730. The van der Waals surface area contributed by atoms with Crippen LogP contribution >= 0.6 is 15.9 Å². The second-order valence-corrected chi connectivity index (χ2v) is 5.82. The molecule has 4 heteroatoms. The number of amides is 1. The van der Waals surface area contributed by atoms with Crippen molar-refractivity contribution in [3.05, 3.63) is 22.2 Å². The lowest BCUT2D eigenvalue weighted by Gasteiger charge is -2.24. The van der Waals surface area contributed by atoms with Crippen molar-refractivity contribution in [3.63, 3.8) is 0 Å². The Labute approximate surface area is 111 Å². The van der Waals surface area contributed by atoms with Gasteiger partial charge in [0.2, 0.25) is 5.91 Å². The molecule has 0 heterocycles. The number of carbonyl (C=O) groups is 1. The van der Waals surface area contributed by atoms with E-state index in [1.165, 1.54) is 6.92 Å². The highest BCUT2D eigenvalue weighted by Gasteiger charge is 2.21. The zero-order chi connectivity index (χ0) is 13.2. The van der Waals surface area contributed by atoms with Crippen LogP contribution in [0.2, 0.25) is 0 Å². The van der Waals surface area contributed by atoms with Gasteiger partial charge in [-0.05, 0) is 33.5 Å². The van der Waals surface area contributed by atoms with E-state index in [1.807, 2.05) is 12.1 Å². The van der Waals surface area contributed by atoms with Crippen LogP contribution in [-0.4, -0.2) is 13.0 Å². The van der Waals surface area contributed by atoms with Gasteiger partial charge in [-0.1, -0.05) is 20.8 Å². The fourth-order valence-corrected chi connectivity index (χ4v) is 2.26. The number of halogens is 1. The standard InChI is InChI=1S/C13H18BrNO2/c1-8(16)15-9-6-10(13(2,3)4)12(17-5)11(14)7-9/h6-7H,1-5H3,(H,15,16). The van der Waals surface area contributed by atoms with Crippen molar-refractivity contribution in [2.24, 2.45) is 0 Å². The summed E-state index contributed by atoms with van der Waals surface area (Å²) in [6.45, 7) is 7.81. The summed E-state index contributed by atoms with van der Waals surface area (Å²) < 4.78 is 6.25. The minimum Gasteiger partial charge on any atom is -0.495 e. The van der Waals surface area contributed by atoms with Crippen molar-refractivity contribution >= 4 is 27.5 Å². The molecule has 0 aliphatic rings. The van der Waals surface area contributed by atoms with Gasteiger partial charge in [-0.25, -0.2) is 0 Å². The zero-order valence-electron chi connectivity index (χ0n) is 10.8. The highest BCUT2D eigenvalue weighted by molar-refractivity contribution is 9.10. The van der Waals surface area contributed by atoms with Gasteiger partial charge in [0.15, 0.2) is 0 Å². The Bertz CT molecular complexity index is 436. The molecule has 1 N–H and O–H groups in total. The molecule has 0 atom stereocenters. The van der Waals surface area contributed by atoms with Crippen LogP contribution in [0.1, 0.15) is 33.3 Å². The van der Waals surface area contributed by atoms with Crippen LogP contribution in [0.5, 0.6) is 5.75 Å². The maximum atomic E-state index is 11.1. The van der Waals surface area contributed by atoms with Crippen molar-refractivity contribution in [2.75, 3.05) is 12.4 Å². The summed E-state index contributed by atoms with van der Waals surface area (Å²) in [4.78, 5) is 11.1. The predicted molar refractivity (Wildman–Crippen MR) is 73.7 cm³/mol. The van der Waals surface area contributed by atoms with Gasteiger partial charge < -0.3 is 10.1 Å². The predicted octanol–water partition coefficient (Wildman–Crippen LogP) is 3.71. The van der Waals surface area contributed by atoms with Crippen molar-refractivity contribution in [2.45, 2.75) is 33.1 Å². The first-order chi connectivity index (χ1) is 7.75. The van der Waals surface area contributed by atoms with Gasteiger partial charge in [0.25, 0.3) is 0 Å². The van der Waals surface area contributed by atoms with Crippen LogP contribution in [0, 0.1) is 0 Å². The molecule has 94 valence electrons. The molecule has 0 radical (unpaired) electrons. The Hall–Kier alpha value is -1.03. The second kappa shape index (κ2) is 5.08. The summed E-state index contributed by atoms with van der Waals surface area (Å²) >= 11 is 3.46. The van der Waals surface area contributed by atoms with Crippen LogP contribution < -0.4 is 10.1 Å². The van der Waals surface area contributed by atoms with Gasteiger partial charge in [-0.15, -0.1) is 0 Å². The minimum absolute atomic E-state index is 0.0532. The molecule has 0 saturated carbocycles. The quantitative estimate of drug-likeness (QED) is 0.904. The minimum atomic E-state index is -0.0815. The molecule has 0 fully saturated rings. The van der Waals surface area contributed by atoms with Crippen LogP contribution in [-0.2, 0) is 10.2 Å². The van der Waals surface area contributed by atoms with E-state index in [2.05, 4.69) is 42.0 Å². The van der Waals surface area contributed by atoms with E-state index >= 15 is 0 Å². The molecule has 0 bridgehead atoms. The van der Waals surface area contributed by atoms with E-state index in [4.69, 9.17) is 4.74 Å². The van der Waals surface area contributed by atoms with Crippen molar-refractivity contribution < 1.29 is 9.53 Å². The Balaban J connectivity index is 3.34. The van der Waals surface area contributed by atoms with Gasteiger partial charge in [0, 0.05) is 18.2 Å². The van der Waals surface area contributed by atoms with Gasteiger partial charge in [0.05, 0.1) is 11.6 Å². The summed E-state index contributed by atoms with van der Waals surface area (Å²) in [5.41, 5.74) is 1.77. The normalized spacial score (nSPS) is 11.2. The molecule has 1 rings (SSSR count). The topological polar surface area (TPSA) is 38.3 Å². The summed E-state index contributed by atoms with van der Waals surface area (Å²) in [6.07, 6.45) is 0. The van der Waals surface area contributed by atoms with E-state index in [0.29, 0.717) is 0 Å². The molecule has 0 aromatic heterocycles. The maximum absolute atomic E-state index is 11.1. The summed E-state index contributed by atoms with van der Waals surface area (Å²) in [5, 5.41) is 2.78. The maximum Gasteiger partial charge on any atom is 0.221 e. The van der Waals surface area contributed by atoms with Crippen molar-refractivity contribution in [1.82, 2.24) is 0 Å². The molecule has 0 aliphatic carbocycles.